The number of carbonyl (C=O) groups is 1. The number of aromatic nitrogens is 2. The lowest BCUT2D eigenvalue weighted by atomic mass is 10.0. The first-order valence-electron chi connectivity index (χ1n) is 9.38. The van der Waals surface area contributed by atoms with Crippen molar-refractivity contribution in [2.24, 2.45) is 0 Å². The maximum absolute atomic E-state index is 13.2. The number of hydrogen-bond acceptors (Lipinski definition) is 3. The van der Waals surface area contributed by atoms with E-state index in [2.05, 4.69) is 16.4 Å². The first-order valence-corrected chi connectivity index (χ1v) is 9.38. The normalized spacial score (nSPS) is 10.9. The highest BCUT2D eigenvalue weighted by molar-refractivity contribution is 6.13. The van der Waals surface area contributed by atoms with Crippen LogP contribution < -0.4 is 5.32 Å². The number of nitrogens with one attached hydrogen (secondary N) is 1. The van der Waals surface area contributed by atoms with Crippen LogP contribution in [-0.2, 0) is 0 Å². The number of para-hydroxylation sites is 1. The summed E-state index contributed by atoms with van der Waals surface area (Å²) in [6.07, 6.45) is 3.45. The second-order valence-corrected chi connectivity index (χ2v) is 6.82. The minimum atomic E-state index is -0.158. The Balaban J connectivity index is 1.58. The molecule has 29 heavy (non-hydrogen) atoms. The van der Waals surface area contributed by atoms with E-state index in [1.54, 1.807) is 12.4 Å². The number of nitrogens with zero attached hydrogens (tertiary/aromatic N) is 2. The lowest BCUT2D eigenvalue weighted by Crippen LogP contribution is -2.13. The van der Waals surface area contributed by atoms with Gasteiger partial charge in [-0.15, -0.1) is 0 Å². The van der Waals surface area contributed by atoms with Gasteiger partial charge in [0.2, 0.25) is 0 Å². The highest BCUT2D eigenvalue weighted by atomic mass is 16.1. The molecule has 0 radical (unpaired) electrons. The average Bonchev–Trinajstić information content (AvgIpc) is 2.79. The zero-order valence-electron chi connectivity index (χ0n) is 15.5. The Kier molecular flexibility index (Phi) is 4.22. The number of benzene rings is 3. The molecule has 138 valence electrons. The average molecular weight is 375 g/mol. The number of fused-ring (bicyclic) bond motifs is 2. The molecule has 1 amide bonds. The van der Waals surface area contributed by atoms with Gasteiger partial charge in [0.05, 0.1) is 16.8 Å². The van der Waals surface area contributed by atoms with Crippen LogP contribution in [0.1, 0.15) is 10.4 Å². The Hall–Kier alpha value is -4.05. The van der Waals surface area contributed by atoms with Crippen LogP contribution in [0.3, 0.4) is 0 Å². The lowest BCUT2D eigenvalue weighted by Gasteiger charge is -2.11. The van der Waals surface area contributed by atoms with Crippen molar-refractivity contribution in [2.45, 2.75) is 0 Å². The Morgan fingerprint density at radius 1 is 0.759 bits per heavy atom. The summed E-state index contributed by atoms with van der Waals surface area (Å²) in [5.41, 5.74) is 3.81. The summed E-state index contributed by atoms with van der Waals surface area (Å²) < 4.78 is 0. The van der Waals surface area contributed by atoms with E-state index in [4.69, 9.17) is 4.98 Å². The van der Waals surface area contributed by atoms with Gasteiger partial charge < -0.3 is 5.32 Å². The van der Waals surface area contributed by atoms with Gasteiger partial charge in [-0.3, -0.25) is 9.78 Å². The minimum absolute atomic E-state index is 0.158. The summed E-state index contributed by atoms with van der Waals surface area (Å²) in [6, 6.07) is 27.3. The van der Waals surface area contributed by atoms with E-state index in [0.29, 0.717) is 5.56 Å². The van der Waals surface area contributed by atoms with E-state index in [9.17, 15) is 4.79 Å². The van der Waals surface area contributed by atoms with E-state index in [1.165, 1.54) is 0 Å². The van der Waals surface area contributed by atoms with Crippen LogP contribution >= 0.6 is 0 Å². The number of hydrogen-bond donors (Lipinski definition) is 1. The minimum Gasteiger partial charge on any atom is -0.322 e. The number of pyridine rings is 2. The standard InChI is InChI=1S/C25H17N3O/c29-25(27-20-10-9-17-5-1-2-6-19(17)15-20)22-16-24(18-11-13-26-14-12-18)28-23-8-4-3-7-21(22)23/h1-16H,(H,27,29). The van der Waals surface area contributed by atoms with Gasteiger partial charge in [0.25, 0.3) is 5.91 Å². The molecule has 0 aliphatic heterocycles. The van der Waals surface area contributed by atoms with Gasteiger partial charge in [-0.25, -0.2) is 4.98 Å². The zero-order chi connectivity index (χ0) is 19.6. The summed E-state index contributed by atoms with van der Waals surface area (Å²) in [5, 5.41) is 6.09. The third-order valence-corrected chi connectivity index (χ3v) is 4.94. The number of anilines is 1. The van der Waals surface area contributed by atoms with Gasteiger partial charge in [-0.2, -0.15) is 0 Å². The summed E-state index contributed by atoms with van der Waals surface area (Å²) in [5.74, 6) is -0.158. The molecule has 0 aliphatic rings. The van der Waals surface area contributed by atoms with Crippen LogP contribution in [-0.4, -0.2) is 15.9 Å². The van der Waals surface area contributed by atoms with Crippen LogP contribution in [0.2, 0.25) is 0 Å². The molecule has 0 atom stereocenters. The monoisotopic (exact) mass is 375 g/mol. The maximum atomic E-state index is 13.2. The van der Waals surface area contributed by atoms with Crippen LogP contribution in [0.15, 0.2) is 97.3 Å². The van der Waals surface area contributed by atoms with Crippen molar-refractivity contribution in [1.29, 1.82) is 0 Å². The molecule has 2 aromatic heterocycles. The molecule has 0 unspecified atom stereocenters. The largest absolute Gasteiger partial charge is 0.322 e. The Morgan fingerprint density at radius 2 is 1.52 bits per heavy atom. The van der Waals surface area contributed by atoms with Crippen molar-refractivity contribution in [1.82, 2.24) is 9.97 Å². The van der Waals surface area contributed by atoms with Gasteiger partial charge in [0, 0.05) is 29.0 Å². The van der Waals surface area contributed by atoms with E-state index in [-0.39, 0.29) is 5.91 Å². The third kappa shape index (κ3) is 3.32. The molecule has 2 heterocycles. The van der Waals surface area contributed by atoms with Crippen LogP contribution in [0, 0.1) is 0 Å². The molecule has 0 aliphatic carbocycles. The fourth-order valence-corrected chi connectivity index (χ4v) is 3.50. The molecule has 0 spiro atoms. The summed E-state index contributed by atoms with van der Waals surface area (Å²) >= 11 is 0. The fraction of sp³-hybridized carbons (Fsp3) is 0. The maximum Gasteiger partial charge on any atom is 0.256 e. The van der Waals surface area contributed by atoms with Crippen molar-refractivity contribution in [3.05, 3.63) is 103 Å². The van der Waals surface area contributed by atoms with Crippen LogP contribution in [0.25, 0.3) is 32.9 Å². The smallest absolute Gasteiger partial charge is 0.256 e. The third-order valence-electron chi connectivity index (χ3n) is 4.94. The van der Waals surface area contributed by atoms with Crippen molar-refractivity contribution < 1.29 is 4.79 Å². The molecule has 0 bridgehead atoms. The first kappa shape index (κ1) is 17.1. The molecule has 5 rings (SSSR count). The summed E-state index contributed by atoms with van der Waals surface area (Å²) in [6.45, 7) is 0. The Labute approximate surface area is 167 Å². The fourth-order valence-electron chi connectivity index (χ4n) is 3.50. The van der Waals surface area contributed by atoms with Crippen molar-refractivity contribution in [2.75, 3.05) is 5.32 Å². The van der Waals surface area contributed by atoms with Gasteiger partial charge >= 0.3 is 0 Å². The molecule has 1 N–H and O–H groups in total. The molecule has 4 nitrogen and oxygen atoms in total. The highest BCUT2D eigenvalue weighted by Gasteiger charge is 2.14. The molecule has 5 aromatic rings. The van der Waals surface area contributed by atoms with E-state index in [0.717, 1.165) is 38.6 Å². The molecule has 0 saturated heterocycles. The molecule has 0 fully saturated rings. The van der Waals surface area contributed by atoms with E-state index in [1.807, 2.05) is 78.9 Å². The molecule has 3 aromatic carbocycles. The first-order chi connectivity index (χ1) is 14.3. The number of carbonyl (C=O) groups excluding carboxylic acids is 1. The van der Waals surface area contributed by atoms with Crippen molar-refractivity contribution in [3.63, 3.8) is 0 Å². The summed E-state index contributed by atoms with van der Waals surface area (Å²) in [7, 11) is 0. The van der Waals surface area contributed by atoms with Gasteiger partial charge in [-0.1, -0.05) is 48.5 Å². The molecular formula is C25H17N3O. The van der Waals surface area contributed by atoms with Crippen molar-refractivity contribution in [3.8, 4) is 11.3 Å². The zero-order valence-corrected chi connectivity index (χ0v) is 15.5. The van der Waals surface area contributed by atoms with E-state index >= 15 is 0 Å². The lowest BCUT2D eigenvalue weighted by molar-refractivity contribution is 0.102. The predicted octanol–water partition coefficient (Wildman–Crippen LogP) is 5.70. The van der Waals surface area contributed by atoms with Gasteiger partial charge in [0.15, 0.2) is 0 Å². The summed E-state index contributed by atoms with van der Waals surface area (Å²) in [4.78, 5) is 22.0. The number of amides is 1. The van der Waals surface area contributed by atoms with Crippen LogP contribution in [0.4, 0.5) is 5.69 Å². The second kappa shape index (κ2) is 7.17. The Morgan fingerprint density at radius 3 is 2.38 bits per heavy atom. The van der Waals surface area contributed by atoms with Crippen molar-refractivity contribution >= 4 is 33.3 Å². The second-order valence-electron chi connectivity index (χ2n) is 6.82. The number of rotatable bonds is 3. The van der Waals surface area contributed by atoms with E-state index < -0.39 is 0 Å². The topological polar surface area (TPSA) is 54.9 Å². The molecule has 0 saturated carbocycles. The Bertz CT molecular complexity index is 1350. The SMILES string of the molecule is O=C(Nc1ccc2ccccc2c1)c1cc(-c2ccncc2)nc2ccccc12. The highest BCUT2D eigenvalue weighted by Crippen LogP contribution is 2.26. The molecule has 4 heteroatoms. The molecular weight excluding hydrogens is 358 g/mol. The van der Waals surface area contributed by atoms with Gasteiger partial charge in [-0.05, 0) is 47.2 Å². The van der Waals surface area contributed by atoms with Gasteiger partial charge in [0.1, 0.15) is 0 Å². The quantitative estimate of drug-likeness (QED) is 0.440. The predicted molar refractivity (Wildman–Crippen MR) is 117 cm³/mol. The van der Waals surface area contributed by atoms with Crippen LogP contribution in [0.5, 0.6) is 0 Å².